The Morgan fingerprint density at radius 2 is 2.09 bits per heavy atom. The van der Waals surface area contributed by atoms with Crippen LogP contribution in [0.2, 0.25) is 0 Å². The summed E-state index contributed by atoms with van der Waals surface area (Å²) in [5.41, 5.74) is 0.440. The lowest BCUT2D eigenvalue weighted by Crippen LogP contribution is -2.46. The molecule has 1 N–H and O–H groups in total. The van der Waals surface area contributed by atoms with Crippen LogP contribution in [0.1, 0.15) is 12.0 Å². The zero-order valence-electron chi connectivity index (χ0n) is 12.7. The van der Waals surface area contributed by atoms with E-state index in [1.165, 1.54) is 20.3 Å². The molecule has 1 saturated heterocycles. The van der Waals surface area contributed by atoms with Gasteiger partial charge in [0.25, 0.3) is 0 Å². The third-order valence-corrected chi connectivity index (χ3v) is 3.69. The van der Waals surface area contributed by atoms with Crippen molar-refractivity contribution in [3.63, 3.8) is 0 Å². The van der Waals surface area contributed by atoms with Gasteiger partial charge in [-0.1, -0.05) is 0 Å². The van der Waals surface area contributed by atoms with Crippen LogP contribution >= 0.6 is 0 Å². The van der Waals surface area contributed by atoms with Gasteiger partial charge in [0.05, 0.1) is 33.9 Å². The lowest BCUT2D eigenvalue weighted by molar-refractivity contribution is -0.140. The highest BCUT2D eigenvalue weighted by molar-refractivity contribution is 5.67. The molecule has 0 amide bonds. The molecule has 0 bridgehead atoms. The van der Waals surface area contributed by atoms with Gasteiger partial charge in [0.15, 0.2) is 11.5 Å². The summed E-state index contributed by atoms with van der Waals surface area (Å²) in [5.74, 6) is -0.527. The average molecular weight is 313 g/mol. The van der Waals surface area contributed by atoms with Gasteiger partial charge < -0.3 is 19.3 Å². The number of aliphatic carboxylic acids is 1. The normalized spacial score (nSPS) is 19.0. The van der Waals surface area contributed by atoms with E-state index in [4.69, 9.17) is 19.3 Å². The van der Waals surface area contributed by atoms with Crippen LogP contribution in [0, 0.1) is 5.82 Å². The van der Waals surface area contributed by atoms with Crippen molar-refractivity contribution in [2.45, 2.75) is 19.0 Å². The molecule has 1 atom stereocenters. The summed E-state index contributed by atoms with van der Waals surface area (Å²) in [6, 6.07) is 2.60. The fraction of sp³-hybridized carbons (Fsp3) is 0.533. The predicted molar refractivity (Wildman–Crippen MR) is 76.8 cm³/mol. The number of morpholine rings is 1. The van der Waals surface area contributed by atoms with Crippen molar-refractivity contribution in [1.29, 1.82) is 0 Å². The highest BCUT2D eigenvalue weighted by atomic mass is 19.1. The second-order valence-corrected chi connectivity index (χ2v) is 5.10. The van der Waals surface area contributed by atoms with Gasteiger partial charge >= 0.3 is 5.97 Å². The van der Waals surface area contributed by atoms with Crippen LogP contribution in [-0.2, 0) is 16.1 Å². The molecule has 22 heavy (non-hydrogen) atoms. The number of carboxylic acid groups (broad SMARTS) is 1. The number of hydrogen-bond acceptors (Lipinski definition) is 5. The van der Waals surface area contributed by atoms with Gasteiger partial charge in [0, 0.05) is 30.8 Å². The first-order valence-electron chi connectivity index (χ1n) is 6.99. The maximum atomic E-state index is 14.2. The van der Waals surface area contributed by atoms with Gasteiger partial charge in [-0.15, -0.1) is 0 Å². The molecule has 0 aromatic heterocycles. The Morgan fingerprint density at radius 3 is 2.73 bits per heavy atom. The number of rotatable bonds is 6. The molecule has 122 valence electrons. The number of halogens is 1. The number of benzene rings is 1. The molecule has 0 aliphatic carbocycles. The first-order valence-corrected chi connectivity index (χ1v) is 6.99. The molecular weight excluding hydrogens is 293 g/mol. The summed E-state index contributed by atoms with van der Waals surface area (Å²) in [5, 5.41) is 8.96. The number of ether oxygens (including phenoxy) is 3. The molecule has 6 nitrogen and oxygen atoms in total. The molecular formula is C15H20FNO5. The van der Waals surface area contributed by atoms with Crippen molar-refractivity contribution in [2.75, 3.05) is 34.0 Å². The van der Waals surface area contributed by atoms with Crippen LogP contribution in [0.3, 0.4) is 0 Å². The topological polar surface area (TPSA) is 68.2 Å². The Kier molecular flexibility index (Phi) is 5.57. The van der Waals surface area contributed by atoms with Gasteiger partial charge in [0.2, 0.25) is 0 Å². The van der Waals surface area contributed by atoms with Gasteiger partial charge in [-0.3, -0.25) is 9.69 Å². The zero-order chi connectivity index (χ0) is 16.1. The predicted octanol–water partition coefficient (Wildman–Crippen LogP) is 1.52. The van der Waals surface area contributed by atoms with Crippen LogP contribution in [-0.4, -0.2) is 56.0 Å². The van der Waals surface area contributed by atoms with Crippen molar-refractivity contribution >= 4 is 5.97 Å². The van der Waals surface area contributed by atoms with Crippen molar-refractivity contribution < 1.29 is 28.5 Å². The molecule has 0 radical (unpaired) electrons. The van der Waals surface area contributed by atoms with E-state index in [2.05, 4.69) is 0 Å². The minimum Gasteiger partial charge on any atom is -0.493 e. The maximum Gasteiger partial charge on any atom is 0.305 e. The quantitative estimate of drug-likeness (QED) is 0.859. The average Bonchev–Trinajstić information content (AvgIpc) is 2.50. The second kappa shape index (κ2) is 7.42. The van der Waals surface area contributed by atoms with Crippen molar-refractivity contribution in [1.82, 2.24) is 4.90 Å². The molecule has 1 heterocycles. The van der Waals surface area contributed by atoms with E-state index in [-0.39, 0.29) is 12.5 Å². The molecule has 0 spiro atoms. The molecule has 1 fully saturated rings. The highest BCUT2D eigenvalue weighted by Gasteiger charge is 2.26. The third-order valence-electron chi connectivity index (χ3n) is 3.69. The Labute approximate surface area is 128 Å². The smallest absolute Gasteiger partial charge is 0.305 e. The molecule has 7 heteroatoms. The first-order chi connectivity index (χ1) is 10.5. The maximum absolute atomic E-state index is 14.2. The lowest BCUT2D eigenvalue weighted by Gasteiger charge is -2.34. The van der Waals surface area contributed by atoms with E-state index in [9.17, 15) is 9.18 Å². The van der Waals surface area contributed by atoms with Crippen LogP contribution in [0.15, 0.2) is 12.1 Å². The summed E-state index contributed by atoms with van der Waals surface area (Å²) in [6.07, 6.45) is -0.0328. The second-order valence-electron chi connectivity index (χ2n) is 5.10. The standard InChI is InChI=1S/C15H20FNO5/c1-20-13-5-10(12(16)7-14(13)21-2)8-17-3-4-22-9-11(17)6-15(18)19/h5,7,11H,3-4,6,8-9H2,1-2H3,(H,18,19)/t11-/m0/s1. The Bertz CT molecular complexity index is 537. The molecule has 1 aliphatic rings. The molecule has 1 aromatic carbocycles. The van der Waals surface area contributed by atoms with E-state index in [0.29, 0.717) is 43.4 Å². The molecule has 0 unspecified atom stereocenters. The van der Waals surface area contributed by atoms with Crippen molar-refractivity contribution in [2.24, 2.45) is 0 Å². The van der Waals surface area contributed by atoms with Crippen molar-refractivity contribution in [3.05, 3.63) is 23.5 Å². The molecule has 0 saturated carbocycles. The summed E-state index contributed by atoms with van der Waals surface area (Å²) in [4.78, 5) is 12.8. The number of carbonyl (C=O) groups is 1. The van der Waals surface area contributed by atoms with Crippen molar-refractivity contribution in [3.8, 4) is 11.5 Å². The summed E-state index contributed by atoms with van der Waals surface area (Å²) in [6.45, 7) is 1.70. The highest BCUT2D eigenvalue weighted by Crippen LogP contribution is 2.31. The minimum atomic E-state index is -0.895. The van der Waals surface area contributed by atoms with Gasteiger partial charge in [0.1, 0.15) is 5.82 Å². The van der Waals surface area contributed by atoms with E-state index in [1.54, 1.807) is 6.07 Å². The fourth-order valence-corrected chi connectivity index (χ4v) is 2.52. The number of hydrogen-bond donors (Lipinski definition) is 1. The van der Waals surface area contributed by atoms with E-state index in [1.807, 2.05) is 4.90 Å². The van der Waals surface area contributed by atoms with Gasteiger partial charge in [-0.2, -0.15) is 0 Å². The van der Waals surface area contributed by atoms with E-state index < -0.39 is 11.8 Å². The molecule has 2 rings (SSSR count). The Balaban J connectivity index is 2.18. The fourth-order valence-electron chi connectivity index (χ4n) is 2.52. The van der Waals surface area contributed by atoms with Crippen LogP contribution in [0.4, 0.5) is 4.39 Å². The zero-order valence-corrected chi connectivity index (χ0v) is 12.7. The Morgan fingerprint density at radius 1 is 1.41 bits per heavy atom. The third kappa shape index (κ3) is 3.86. The van der Waals surface area contributed by atoms with Crippen LogP contribution in [0.5, 0.6) is 11.5 Å². The van der Waals surface area contributed by atoms with Crippen LogP contribution in [0.25, 0.3) is 0 Å². The Hall–Kier alpha value is -1.86. The van der Waals surface area contributed by atoms with Gasteiger partial charge in [-0.25, -0.2) is 4.39 Å². The summed E-state index contributed by atoms with van der Waals surface area (Å²) in [7, 11) is 2.93. The molecule has 1 aliphatic heterocycles. The number of methoxy groups -OCH3 is 2. The van der Waals surface area contributed by atoms with E-state index >= 15 is 0 Å². The largest absolute Gasteiger partial charge is 0.493 e. The number of nitrogens with zero attached hydrogens (tertiary/aromatic N) is 1. The first kappa shape index (κ1) is 16.5. The summed E-state index contributed by atoms with van der Waals surface area (Å²) < 4.78 is 29.8. The van der Waals surface area contributed by atoms with Crippen LogP contribution < -0.4 is 9.47 Å². The number of carboxylic acids is 1. The monoisotopic (exact) mass is 313 g/mol. The van der Waals surface area contributed by atoms with E-state index in [0.717, 1.165) is 0 Å². The lowest BCUT2D eigenvalue weighted by atomic mass is 10.1. The van der Waals surface area contributed by atoms with Gasteiger partial charge in [-0.05, 0) is 6.07 Å². The summed E-state index contributed by atoms with van der Waals surface area (Å²) >= 11 is 0. The minimum absolute atomic E-state index is 0.0328. The molecule has 1 aromatic rings. The SMILES string of the molecule is COc1cc(F)c(CN2CCOC[C@@H]2CC(=O)O)cc1OC.